The van der Waals surface area contributed by atoms with Gasteiger partial charge in [0.1, 0.15) is 0 Å². The Balaban J connectivity index is 1.67. The third-order valence-electron chi connectivity index (χ3n) is 6.58. The molecule has 0 amide bonds. The minimum absolute atomic E-state index is 0.497. The van der Waals surface area contributed by atoms with Gasteiger partial charge in [-0.2, -0.15) is 0 Å². The number of hydrogen-bond donors (Lipinski definition) is 0. The van der Waals surface area contributed by atoms with E-state index in [1.54, 1.807) is 0 Å². The van der Waals surface area contributed by atoms with Crippen LogP contribution in [-0.2, 0) is 0 Å². The van der Waals surface area contributed by atoms with Crippen LogP contribution in [0.25, 0.3) is 49.4 Å². The molecule has 0 spiro atoms. The van der Waals surface area contributed by atoms with Gasteiger partial charge in [0, 0.05) is 16.5 Å². The smallest absolute Gasteiger partial charge is 0.0547 e. The fraction of sp³-hybridized carbons (Fsp3) is 0.0968. The Bertz CT molecular complexity index is 1590. The van der Waals surface area contributed by atoms with Crippen LogP contribution < -0.4 is 0 Å². The van der Waals surface area contributed by atoms with Crippen molar-refractivity contribution in [3.63, 3.8) is 0 Å². The lowest BCUT2D eigenvalue weighted by molar-refractivity contribution is 0.876. The molecule has 0 bridgehead atoms. The van der Waals surface area contributed by atoms with Crippen molar-refractivity contribution in [2.24, 2.45) is 0 Å². The van der Waals surface area contributed by atoms with Gasteiger partial charge in [-0.25, -0.2) is 0 Å². The molecule has 0 aliphatic rings. The molecule has 0 fully saturated rings. The fourth-order valence-corrected chi connectivity index (χ4v) is 5.07. The van der Waals surface area contributed by atoms with E-state index in [-0.39, 0.29) is 0 Å². The molecule has 0 unspecified atom stereocenters. The van der Waals surface area contributed by atoms with Gasteiger partial charge >= 0.3 is 0 Å². The fourth-order valence-electron chi connectivity index (χ4n) is 5.07. The molecule has 6 aromatic rings. The van der Waals surface area contributed by atoms with Crippen molar-refractivity contribution in [3.8, 4) is 16.8 Å². The predicted molar refractivity (Wildman–Crippen MR) is 138 cm³/mol. The van der Waals surface area contributed by atoms with E-state index in [4.69, 9.17) is 0 Å². The van der Waals surface area contributed by atoms with Gasteiger partial charge in [-0.3, -0.25) is 0 Å². The largest absolute Gasteiger partial charge is 0.309 e. The van der Waals surface area contributed by atoms with Crippen molar-refractivity contribution < 1.29 is 0 Å². The van der Waals surface area contributed by atoms with E-state index >= 15 is 0 Å². The summed E-state index contributed by atoms with van der Waals surface area (Å²) in [5.41, 5.74) is 7.62. The average molecular weight is 412 g/mol. The molecule has 6 rings (SSSR count). The summed E-state index contributed by atoms with van der Waals surface area (Å²) >= 11 is 0. The van der Waals surface area contributed by atoms with E-state index in [0.29, 0.717) is 5.92 Å². The summed E-state index contributed by atoms with van der Waals surface area (Å²) < 4.78 is 2.39. The normalized spacial score (nSPS) is 11.7. The number of aromatic nitrogens is 1. The maximum absolute atomic E-state index is 2.39. The van der Waals surface area contributed by atoms with Crippen LogP contribution in [0.3, 0.4) is 0 Å². The molecule has 1 heteroatoms. The molecule has 1 aromatic heterocycles. The van der Waals surface area contributed by atoms with Gasteiger partial charge in [-0.05, 0) is 57.6 Å². The van der Waals surface area contributed by atoms with E-state index in [1.807, 2.05) is 0 Å². The molecule has 5 aromatic carbocycles. The van der Waals surface area contributed by atoms with Gasteiger partial charge < -0.3 is 4.57 Å². The first-order chi connectivity index (χ1) is 15.7. The van der Waals surface area contributed by atoms with Crippen molar-refractivity contribution in [3.05, 3.63) is 115 Å². The van der Waals surface area contributed by atoms with Crippen molar-refractivity contribution in [1.82, 2.24) is 4.57 Å². The third kappa shape index (κ3) is 2.85. The molecule has 0 saturated heterocycles. The van der Waals surface area contributed by atoms with Crippen LogP contribution in [0.15, 0.2) is 109 Å². The Morgan fingerprint density at radius 1 is 0.531 bits per heavy atom. The van der Waals surface area contributed by atoms with Gasteiger partial charge in [-0.15, -0.1) is 0 Å². The van der Waals surface area contributed by atoms with Gasteiger partial charge in [-0.1, -0.05) is 98.8 Å². The van der Waals surface area contributed by atoms with Crippen LogP contribution in [0.2, 0.25) is 0 Å². The molecule has 154 valence electrons. The minimum atomic E-state index is 0.497. The minimum Gasteiger partial charge on any atom is -0.309 e. The first kappa shape index (κ1) is 18.9. The number of hydrogen-bond acceptors (Lipinski definition) is 0. The summed E-state index contributed by atoms with van der Waals surface area (Å²) in [6.07, 6.45) is 0. The lowest BCUT2D eigenvalue weighted by Crippen LogP contribution is -1.94. The second kappa shape index (κ2) is 7.39. The molecular formula is C31H25N. The second-order valence-corrected chi connectivity index (χ2v) is 8.82. The number of rotatable bonds is 3. The van der Waals surface area contributed by atoms with Crippen LogP contribution in [-0.4, -0.2) is 4.57 Å². The van der Waals surface area contributed by atoms with Gasteiger partial charge in [0.05, 0.1) is 11.0 Å². The van der Waals surface area contributed by atoms with E-state index in [1.165, 1.54) is 55.0 Å². The van der Waals surface area contributed by atoms with Crippen LogP contribution in [0.5, 0.6) is 0 Å². The Labute approximate surface area is 188 Å². The molecule has 32 heavy (non-hydrogen) atoms. The molecular weight excluding hydrogens is 386 g/mol. The van der Waals surface area contributed by atoms with Gasteiger partial charge in [0.25, 0.3) is 0 Å². The van der Waals surface area contributed by atoms with Crippen LogP contribution in [0.4, 0.5) is 0 Å². The summed E-state index contributed by atoms with van der Waals surface area (Å²) in [7, 11) is 0. The molecule has 0 N–H and O–H groups in total. The maximum Gasteiger partial charge on any atom is 0.0547 e. The predicted octanol–water partition coefficient (Wildman–Crippen LogP) is 8.73. The molecule has 0 saturated carbocycles. The molecule has 0 aliphatic carbocycles. The zero-order valence-electron chi connectivity index (χ0n) is 18.4. The number of nitrogens with zero attached hydrogens (tertiary/aromatic N) is 1. The summed E-state index contributed by atoms with van der Waals surface area (Å²) in [6, 6.07) is 39.7. The summed E-state index contributed by atoms with van der Waals surface area (Å²) in [4.78, 5) is 0. The summed E-state index contributed by atoms with van der Waals surface area (Å²) in [6.45, 7) is 4.54. The Morgan fingerprint density at radius 3 is 1.97 bits per heavy atom. The first-order valence-electron chi connectivity index (χ1n) is 11.3. The lowest BCUT2D eigenvalue weighted by Gasteiger charge is -2.14. The lowest BCUT2D eigenvalue weighted by atomic mass is 9.90. The Kier molecular flexibility index (Phi) is 4.36. The van der Waals surface area contributed by atoms with E-state index in [0.717, 1.165) is 0 Å². The standard InChI is InChI=1S/C31H25N/c1-21(2)24-18-19-25(27-13-7-6-12-26(24)27)22-16-17-29-28-14-8-9-15-30(28)32(31(29)20-22)23-10-4-3-5-11-23/h3-21H,1-2H3. The Hall–Kier alpha value is -3.84. The quantitative estimate of drug-likeness (QED) is 0.274. The van der Waals surface area contributed by atoms with Crippen LogP contribution >= 0.6 is 0 Å². The average Bonchev–Trinajstić information content (AvgIpc) is 3.17. The van der Waals surface area contributed by atoms with E-state index < -0.39 is 0 Å². The molecule has 1 heterocycles. The second-order valence-electron chi connectivity index (χ2n) is 8.82. The van der Waals surface area contributed by atoms with E-state index in [9.17, 15) is 0 Å². The van der Waals surface area contributed by atoms with Crippen molar-refractivity contribution in [2.45, 2.75) is 19.8 Å². The molecule has 0 radical (unpaired) electrons. The van der Waals surface area contributed by atoms with Crippen molar-refractivity contribution in [2.75, 3.05) is 0 Å². The highest BCUT2D eigenvalue weighted by molar-refractivity contribution is 6.11. The van der Waals surface area contributed by atoms with Crippen LogP contribution in [0.1, 0.15) is 25.3 Å². The topological polar surface area (TPSA) is 4.93 Å². The molecule has 0 aliphatic heterocycles. The molecule has 0 atom stereocenters. The van der Waals surface area contributed by atoms with Crippen molar-refractivity contribution >= 4 is 32.6 Å². The zero-order chi connectivity index (χ0) is 21.7. The summed E-state index contributed by atoms with van der Waals surface area (Å²) in [5.74, 6) is 0.497. The SMILES string of the molecule is CC(C)c1ccc(-c2ccc3c4ccccc4n(-c4ccccc4)c3c2)c2ccccc12. The third-order valence-corrected chi connectivity index (χ3v) is 6.58. The van der Waals surface area contributed by atoms with Gasteiger partial charge in [0.2, 0.25) is 0 Å². The highest BCUT2D eigenvalue weighted by Crippen LogP contribution is 2.38. The van der Waals surface area contributed by atoms with Crippen LogP contribution in [0, 0.1) is 0 Å². The first-order valence-corrected chi connectivity index (χ1v) is 11.3. The molecule has 1 nitrogen and oxygen atoms in total. The monoisotopic (exact) mass is 411 g/mol. The highest BCUT2D eigenvalue weighted by atomic mass is 15.0. The summed E-state index contributed by atoms with van der Waals surface area (Å²) in [5, 5.41) is 5.25. The highest BCUT2D eigenvalue weighted by Gasteiger charge is 2.15. The van der Waals surface area contributed by atoms with Crippen molar-refractivity contribution in [1.29, 1.82) is 0 Å². The maximum atomic E-state index is 2.39. The number of benzene rings is 5. The number of fused-ring (bicyclic) bond motifs is 4. The van der Waals surface area contributed by atoms with Gasteiger partial charge in [0.15, 0.2) is 0 Å². The Morgan fingerprint density at radius 2 is 1.19 bits per heavy atom. The van der Waals surface area contributed by atoms with E-state index in [2.05, 4.69) is 128 Å². The number of para-hydroxylation sites is 2. The zero-order valence-corrected chi connectivity index (χ0v) is 18.4.